The van der Waals surface area contributed by atoms with Crippen LogP contribution in [0.15, 0.2) is 30.3 Å². The molecule has 0 spiro atoms. The van der Waals surface area contributed by atoms with E-state index in [1.54, 1.807) is 0 Å². The standard InChI is InChI=1S/C26H40NOP/c1-17-12-11-13-18(16-27-26(8,9)10)23(17)29-21-15-19(24(2,3)4)14-20(22(21)28)25(5,6)7/h11-15,27-29H,16H2,1-10H3. The van der Waals surface area contributed by atoms with E-state index in [0.717, 1.165) is 17.4 Å². The largest absolute Gasteiger partial charge is 0.507 e. The molecule has 0 fully saturated rings. The monoisotopic (exact) mass is 413 g/mol. The first kappa shape index (κ1) is 23.9. The van der Waals surface area contributed by atoms with Crippen molar-refractivity contribution in [3.63, 3.8) is 0 Å². The lowest BCUT2D eigenvalue weighted by atomic mass is 9.80. The highest BCUT2D eigenvalue weighted by molar-refractivity contribution is 7.56. The average molecular weight is 414 g/mol. The van der Waals surface area contributed by atoms with E-state index in [9.17, 15) is 5.11 Å². The van der Waals surface area contributed by atoms with E-state index in [-0.39, 0.29) is 16.4 Å². The summed E-state index contributed by atoms with van der Waals surface area (Å²) in [6.07, 6.45) is 0. The molecule has 1 unspecified atom stereocenters. The van der Waals surface area contributed by atoms with Crippen molar-refractivity contribution in [3.05, 3.63) is 52.6 Å². The molecule has 0 saturated heterocycles. The van der Waals surface area contributed by atoms with Gasteiger partial charge in [-0.05, 0) is 66.6 Å². The van der Waals surface area contributed by atoms with Gasteiger partial charge in [-0.1, -0.05) is 74.4 Å². The molecule has 0 saturated carbocycles. The van der Waals surface area contributed by atoms with Gasteiger partial charge in [-0.2, -0.15) is 0 Å². The molecular weight excluding hydrogens is 373 g/mol. The molecule has 0 radical (unpaired) electrons. The summed E-state index contributed by atoms with van der Waals surface area (Å²) in [7, 11) is 0.427. The predicted molar refractivity (Wildman–Crippen MR) is 131 cm³/mol. The number of aryl methyl sites for hydroxylation is 1. The van der Waals surface area contributed by atoms with Crippen LogP contribution in [0.3, 0.4) is 0 Å². The maximum atomic E-state index is 11.2. The fraction of sp³-hybridized carbons (Fsp3) is 0.538. The summed E-state index contributed by atoms with van der Waals surface area (Å²) in [5, 5.41) is 17.2. The van der Waals surface area contributed by atoms with E-state index in [1.165, 1.54) is 22.0 Å². The summed E-state index contributed by atoms with van der Waals surface area (Å²) < 4.78 is 0. The minimum atomic E-state index is -0.104. The van der Waals surface area contributed by atoms with Crippen molar-refractivity contribution < 1.29 is 5.11 Å². The molecule has 29 heavy (non-hydrogen) atoms. The molecule has 3 heteroatoms. The molecule has 2 nitrogen and oxygen atoms in total. The predicted octanol–water partition coefficient (Wildman–Crippen LogP) is 5.81. The summed E-state index contributed by atoms with van der Waals surface area (Å²) in [5.74, 6) is 0.460. The summed E-state index contributed by atoms with van der Waals surface area (Å²) in [6.45, 7) is 22.8. The third kappa shape index (κ3) is 6.30. The van der Waals surface area contributed by atoms with Crippen LogP contribution in [0.5, 0.6) is 5.75 Å². The van der Waals surface area contributed by atoms with Crippen molar-refractivity contribution in [3.8, 4) is 5.75 Å². The first-order valence-corrected chi connectivity index (χ1v) is 11.6. The summed E-state index contributed by atoms with van der Waals surface area (Å²) in [6, 6.07) is 10.9. The van der Waals surface area contributed by atoms with E-state index < -0.39 is 0 Å². The molecule has 0 aliphatic heterocycles. The molecule has 2 aromatic rings. The van der Waals surface area contributed by atoms with Crippen molar-refractivity contribution in [2.75, 3.05) is 0 Å². The molecule has 0 amide bonds. The Balaban J connectivity index is 2.57. The molecule has 0 aromatic heterocycles. The Morgan fingerprint density at radius 1 is 0.897 bits per heavy atom. The third-order valence-electron chi connectivity index (χ3n) is 5.21. The van der Waals surface area contributed by atoms with Gasteiger partial charge in [0, 0.05) is 23.0 Å². The number of hydrogen-bond donors (Lipinski definition) is 2. The number of phenolic OH excluding ortho intramolecular Hbond substituents is 1. The Kier molecular flexibility index (Phi) is 6.93. The maximum absolute atomic E-state index is 11.2. The molecule has 1 atom stereocenters. The van der Waals surface area contributed by atoms with Gasteiger partial charge in [0.15, 0.2) is 0 Å². The molecule has 0 bridgehead atoms. The number of hydrogen-bond acceptors (Lipinski definition) is 2. The van der Waals surface area contributed by atoms with Crippen molar-refractivity contribution in [1.29, 1.82) is 0 Å². The number of benzene rings is 2. The Hall–Kier alpha value is -1.37. The van der Waals surface area contributed by atoms with E-state index >= 15 is 0 Å². The lowest BCUT2D eigenvalue weighted by molar-refractivity contribution is 0.425. The van der Waals surface area contributed by atoms with Gasteiger partial charge in [0.1, 0.15) is 5.75 Å². The fourth-order valence-corrected chi connectivity index (χ4v) is 4.65. The summed E-state index contributed by atoms with van der Waals surface area (Å²) in [5.41, 5.74) is 4.92. The maximum Gasteiger partial charge on any atom is 0.127 e. The Morgan fingerprint density at radius 2 is 1.52 bits per heavy atom. The normalized spacial score (nSPS) is 13.4. The minimum Gasteiger partial charge on any atom is -0.507 e. The lowest BCUT2D eigenvalue weighted by Gasteiger charge is -2.28. The zero-order valence-electron chi connectivity index (χ0n) is 20.0. The SMILES string of the molecule is Cc1cccc(CNC(C)(C)C)c1Pc1cc(C(C)(C)C)cc(C(C)(C)C)c1O. The van der Waals surface area contributed by atoms with E-state index in [2.05, 4.69) is 105 Å². The molecule has 0 aliphatic carbocycles. The van der Waals surface area contributed by atoms with Gasteiger partial charge in [0.2, 0.25) is 0 Å². The molecule has 160 valence electrons. The summed E-state index contributed by atoms with van der Waals surface area (Å²) >= 11 is 0. The number of nitrogens with one attached hydrogen (secondary N) is 1. The van der Waals surface area contributed by atoms with Gasteiger partial charge in [0.25, 0.3) is 0 Å². The van der Waals surface area contributed by atoms with Crippen LogP contribution in [0.2, 0.25) is 0 Å². The van der Waals surface area contributed by atoms with Crippen LogP contribution in [0, 0.1) is 6.92 Å². The fourth-order valence-electron chi connectivity index (χ4n) is 3.28. The molecule has 0 heterocycles. The van der Waals surface area contributed by atoms with Gasteiger partial charge in [-0.15, -0.1) is 0 Å². The molecule has 0 aliphatic rings. The van der Waals surface area contributed by atoms with Crippen LogP contribution >= 0.6 is 8.58 Å². The van der Waals surface area contributed by atoms with Gasteiger partial charge in [0.05, 0.1) is 0 Å². The molecular formula is C26H40NOP. The number of aromatic hydroxyl groups is 1. The van der Waals surface area contributed by atoms with Gasteiger partial charge in [-0.25, -0.2) is 0 Å². The minimum absolute atomic E-state index is 0.0370. The van der Waals surface area contributed by atoms with Crippen LogP contribution < -0.4 is 15.9 Å². The smallest absolute Gasteiger partial charge is 0.127 e. The summed E-state index contributed by atoms with van der Waals surface area (Å²) in [4.78, 5) is 0. The van der Waals surface area contributed by atoms with Gasteiger partial charge in [-0.3, -0.25) is 0 Å². The lowest BCUT2D eigenvalue weighted by Crippen LogP contribution is -2.36. The second-order valence-electron chi connectivity index (χ2n) is 11.3. The van der Waals surface area contributed by atoms with Crippen LogP contribution in [0.25, 0.3) is 0 Å². The Labute approximate surface area is 180 Å². The highest BCUT2D eigenvalue weighted by atomic mass is 31.1. The third-order valence-corrected chi connectivity index (χ3v) is 6.83. The molecule has 2 aromatic carbocycles. The second kappa shape index (κ2) is 8.40. The Morgan fingerprint density at radius 3 is 2.03 bits per heavy atom. The van der Waals surface area contributed by atoms with Crippen molar-refractivity contribution >= 4 is 19.2 Å². The topological polar surface area (TPSA) is 32.3 Å². The highest BCUT2D eigenvalue weighted by Crippen LogP contribution is 2.36. The number of phenols is 1. The first-order chi connectivity index (χ1) is 13.1. The molecule has 2 N–H and O–H groups in total. The van der Waals surface area contributed by atoms with Crippen molar-refractivity contribution in [2.45, 2.75) is 92.2 Å². The van der Waals surface area contributed by atoms with Crippen LogP contribution in [-0.2, 0) is 17.4 Å². The van der Waals surface area contributed by atoms with Gasteiger partial charge < -0.3 is 10.4 Å². The zero-order valence-corrected chi connectivity index (χ0v) is 21.0. The van der Waals surface area contributed by atoms with Gasteiger partial charge >= 0.3 is 0 Å². The highest BCUT2D eigenvalue weighted by Gasteiger charge is 2.25. The van der Waals surface area contributed by atoms with Crippen molar-refractivity contribution in [1.82, 2.24) is 5.32 Å². The Bertz CT molecular complexity index is 864. The second-order valence-corrected chi connectivity index (χ2v) is 12.5. The number of rotatable bonds is 4. The molecule has 2 rings (SSSR count). The van der Waals surface area contributed by atoms with Crippen LogP contribution in [0.1, 0.15) is 84.6 Å². The quantitative estimate of drug-likeness (QED) is 0.620. The zero-order chi connectivity index (χ0) is 22.2. The van der Waals surface area contributed by atoms with Crippen LogP contribution in [0.4, 0.5) is 0 Å². The van der Waals surface area contributed by atoms with Crippen LogP contribution in [-0.4, -0.2) is 10.6 Å². The van der Waals surface area contributed by atoms with E-state index in [1.807, 2.05) is 0 Å². The van der Waals surface area contributed by atoms with Crippen molar-refractivity contribution in [2.24, 2.45) is 0 Å². The first-order valence-electron chi connectivity index (χ1n) is 10.6. The average Bonchev–Trinajstić information content (AvgIpc) is 2.54. The van der Waals surface area contributed by atoms with E-state index in [4.69, 9.17) is 0 Å². The van der Waals surface area contributed by atoms with E-state index in [0.29, 0.717) is 14.3 Å².